The number of anilines is 1. The summed E-state index contributed by atoms with van der Waals surface area (Å²) in [5.41, 5.74) is 0.744. The van der Waals surface area contributed by atoms with Gasteiger partial charge in [-0.05, 0) is 20.1 Å². The summed E-state index contributed by atoms with van der Waals surface area (Å²) in [6, 6.07) is 1.37. The predicted molar refractivity (Wildman–Crippen MR) is 101 cm³/mol. The van der Waals surface area contributed by atoms with Crippen molar-refractivity contribution < 1.29 is 14.3 Å². The minimum atomic E-state index is -0.524. The van der Waals surface area contributed by atoms with Crippen molar-refractivity contribution in [3.63, 3.8) is 0 Å². The number of carbonyl (C=O) groups excluding carboxylic acids is 2. The topological polar surface area (TPSA) is 103 Å². The maximum absolute atomic E-state index is 12.3. The van der Waals surface area contributed by atoms with Gasteiger partial charge < -0.3 is 10.1 Å². The zero-order chi connectivity index (χ0) is 19.3. The van der Waals surface area contributed by atoms with E-state index in [-0.39, 0.29) is 23.8 Å². The normalized spacial score (nSPS) is 10.4. The van der Waals surface area contributed by atoms with Crippen LogP contribution in [0.5, 0.6) is 0 Å². The summed E-state index contributed by atoms with van der Waals surface area (Å²) in [6.45, 7) is 6.75. The first-order valence-electron chi connectivity index (χ1n) is 7.53. The predicted octanol–water partition coefficient (Wildman–Crippen LogP) is 2.02. The van der Waals surface area contributed by atoms with Gasteiger partial charge in [-0.2, -0.15) is 0 Å². The molecule has 0 fully saturated rings. The summed E-state index contributed by atoms with van der Waals surface area (Å²) in [7, 11) is 0. The quantitative estimate of drug-likeness (QED) is 0.332. The first kappa shape index (κ1) is 19.9. The zero-order valence-corrected chi connectivity index (χ0v) is 16.2. The van der Waals surface area contributed by atoms with Gasteiger partial charge in [0.2, 0.25) is 5.91 Å². The van der Waals surface area contributed by atoms with E-state index in [9.17, 15) is 14.4 Å². The molecule has 10 heteroatoms. The third kappa shape index (κ3) is 4.79. The van der Waals surface area contributed by atoms with E-state index in [4.69, 9.17) is 4.74 Å². The van der Waals surface area contributed by atoms with Crippen LogP contribution in [-0.4, -0.2) is 39.3 Å². The third-order valence-electron chi connectivity index (χ3n) is 3.15. The Bertz CT molecular complexity index is 904. The first-order valence-corrected chi connectivity index (χ1v) is 9.57. The molecule has 0 spiro atoms. The summed E-state index contributed by atoms with van der Waals surface area (Å²) in [6.07, 6.45) is 3.24. The second-order valence-electron chi connectivity index (χ2n) is 5.18. The van der Waals surface area contributed by atoms with E-state index in [1.54, 1.807) is 20.1 Å². The van der Waals surface area contributed by atoms with Gasteiger partial charge >= 0.3 is 5.97 Å². The molecule has 0 unspecified atom stereocenters. The second kappa shape index (κ2) is 8.77. The maximum atomic E-state index is 12.3. The van der Waals surface area contributed by atoms with E-state index in [1.807, 2.05) is 0 Å². The largest absolute Gasteiger partial charge is 0.457 e. The molecule has 2 aromatic heterocycles. The molecule has 8 nitrogen and oxygen atoms in total. The average molecular weight is 394 g/mol. The van der Waals surface area contributed by atoms with Crippen LogP contribution in [0.3, 0.4) is 0 Å². The van der Waals surface area contributed by atoms with E-state index in [2.05, 4.69) is 21.9 Å². The number of nitrogens with zero attached hydrogens (tertiary/aromatic N) is 3. The number of ether oxygens (including phenoxy) is 1. The Kier molecular flexibility index (Phi) is 6.70. The van der Waals surface area contributed by atoms with Gasteiger partial charge in [0.25, 0.3) is 5.56 Å². The minimum absolute atomic E-state index is 0.0959. The molecule has 138 valence electrons. The molecule has 2 heterocycles. The van der Waals surface area contributed by atoms with Gasteiger partial charge in [0.15, 0.2) is 10.3 Å². The minimum Gasteiger partial charge on any atom is -0.457 e. The monoisotopic (exact) mass is 394 g/mol. The fourth-order valence-electron chi connectivity index (χ4n) is 2.04. The van der Waals surface area contributed by atoms with Crippen LogP contribution in [0, 0.1) is 13.8 Å². The Morgan fingerprint density at radius 3 is 2.81 bits per heavy atom. The standard InChI is InChI=1S/C16H18N4O4S2/c1-5-6-24-14(23)13-10(3)18-15(26-13)19-11(21)8-20-12(22)7-9(2)17-16(20)25-4/h5,7H,1,6,8H2,2-4H3,(H,18,19,21). The van der Waals surface area contributed by atoms with Crippen LogP contribution in [0.15, 0.2) is 28.7 Å². The number of aryl methyl sites for hydroxylation is 2. The molecule has 0 aromatic carbocycles. The molecule has 26 heavy (non-hydrogen) atoms. The molecule has 0 saturated heterocycles. The van der Waals surface area contributed by atoms with Crippen LogP contribution < -0.4 is 10.9 Å². The van der Waals surface area contributed by atoms with Crippen molar-refractivity contribution >= 4 is 40.1 Å². The highest BCUT2D eigenvalue weighted by atomic mass is 32.2. The molecule has 0 radical (unpaired) electrons. The molecule has 1 N–H and O–H groups in total. The third-order valence-corrected chi connectivity index (χ3v) is 4.88. The average Bonchev–Trinajstić information content (AvgIpc) is 2.95. The van der Waals surface area contributed by atoms with Gasteiger partial charge in [-0.15, -0.1) is 0 Å². The van der Waals surface area contributed by atoms with Crippen LogP contribution in [0.25, 0.3) is 0 Å². The number of thiazole rings is 1. The van der Waals surface area contributed by atoms with Gasteiger partial charge in [0.05, 0.1) is 5.69 Å². The molecule has 0 aliphatic heterocycles. The van der Waals surface area contributed by atoms with Crippen molar-refractivity contribution in [3.8, 4) is 0 Å². The Morgan fingerprint density at radius 1 is 1.42 bits per heavy atom. The number of thioether (sulfide) groups is 1. The van der Waals surface area contributed by atoms with E-state index in [0.717, 1.165) is 11.3 Å². The lowest BCUT2D eigenvalue weighted by molar-refractivity contribution is -0.116. The number of carbonyl (C=O) groups is 2. The Hall–Kier alpha value is -2.46. The SMILES string of the molecule is C=CCOC(=O)c1sc(NC(=O)Cn2c(SC)nc(C)cc2=O)nc1C. The molecule has 0 aliphatic carbocycles. The van der Waals surface area contributed by atoms with Crippen molar-refractivity contribution in [1.29, 1.82) is 0 Å². The molecule has 0 saturated carbocycles. The van der Waals surface area contributed by atoms with Crippen molar-refractivity contribution in [3.05, 3.63) is 45.3 Å². The summed E-state index contributed by atoms with van der Waals surface area (Å²) in [4.78, 5) is 45.0. The fraction of sp³-hybridized carbons (Fsp3) is 0.312. The molecule has 1 amide bonds. The van der Waals surface area contributed by atoms with Gasteiger partial charge in [0, 0.05) is 11.8 Å². The first-order chi connectivity index (χ1) is 12.3. The van der Waals surface area contributed by atoms with Gasteiger partial charge in [-0.3, -0.25) is 14.2 Å². The lowest BCUT2D eigenvalue weighted by atomic mass is 10.4. The molecule has 0 atom stereocenters. The fourth-order valence-corrected chi connectivity index (χ4v) is 3.52. The number of esters is 1. The van der Waals surface area contributed by atoms with Crippen molar-refractivity contribution in [2.24, 2.45) is 0 Å². The Morgan fingerprint density at radius 2 is 2.15 bits per heavy atom. The lowest BCUT2D eigenvalue weighted by Gasteiger charge is -2.10. The summed E-state index contributed by atoms with van der Waals surface area (Å²) in [5, 5.41) is 3.31. The summed E-state index contributed by atoms with van der Waals surface area (Å²) in [5.74, 6) is -0.961. The maximum Gasteiger partial charge on any atom is 0.350 e. The number of rotatable bonds is 7. The van der Waals surface area contributed by atoms with Crippen LogP contribution in [-0.2, 0) is 16.1 Å². The number of hydrogen-bond acceptors (Lipinski definition) is 8. The van der Waals surface area contributed by atoms with Crippen LogP contribution in [0.1, 0.15) is 21.1 Å². The number of hydrogen-bond donors (Lipinski definition) is 1. The Balaban J connectivity index is 2.13. The highest BCUT2D eigenvalue weighted by molar-refractivity contribution is 7.98. The number of aromatic nitrogens is 3. The molecular formula is C16H18N4O4S2. The molecule has 0 aliphatic rings. The number of amides is 1. The molecule has 2 rings (SSSR count). The zero-order valence-electron chi connectivity index (χ0n) is 14.6. The van der Waals surface area contributed by atoms with Crippen molar-refractivity contribution in [1.82, 2.24) is 14.5 Å². The van der Waals surface area contributed by atoms with Gasteiger partial charge in [-0.1, -0.05) is 35.8 Å². The van der Waals surface area contributed by atoms with Gasteiger partial charge in [-0.25, -0.2) is 14.8 Å². The van der Waals surface area contributed by atoms with Crippen LogP contribution >= 0.6 is 23.1 Å². The second-order valence-corrected chi connectivity index (χ2v) is 6.95. The smallest absolute Gasteiger partial charge is 0.350 e. The van der Waals surface area contributed by atoms with E-state index in [1.165, 1.54) is 28.5 Å². The van der Waals surface area contributed by atoms with Crippen LogP contribution in [0.4, 0.5) is 5.13 Å². The summed E-state index contributed by atoms with van der Waals surface area (Å²) < 4.78 is 6.26. The molecule has 2 aromatic rings. The molecular weight excluding hydrogens is 376 g/mol. The highest BCUT2D eigenvalue weighted by Crippen LogP contribution is 2.23. The van der Waals surface area contributed by atoms with Gasteiger partial charge in [0.1, 0.15) is 18.0 Å². The Labute approximate surface area is 158 Å². The lowest BCUT2D eigenvalue weighted by Crippen LogP contribution is -2.29. The van der Waals surface area contributed by atoms with E-state index >= 15 is 0 Å². The molecule has 0 bridgehead atoms. The number of nitrogens with one attached hydrogen (secondary N) is 1. The van der Waals surface area contributed by atoms with E-state index in [0.29, 0.717) is 21.4 Å². The van der Waals surface area contributed by atoms with Crippen molar-refractivity contribution in [2.45, 2.75) is 25.5 Å². The van der Waals surface area contributed by atoms with Crippen molar-refractivity contribution in [2.75, 3.05) is 18.2 Å². The van der Waals surface area contributed by atoms with Crippen LogP contribution in [0.2, 0.25) is 0 Å². The highest BCUT2D eigenvalue weighted by Gasteiger charge is 2.18. The van der Waals surface area contributed by atoms with E-state index < -0.39 is 11.9 Å². The summed E-state index contributed by atoms with van der Waals surface area (Å²) >= 11 is 2.29.